The Bertz CT molecular complexity index is 1170. The highest BCUT2D eigenvalue weighted by Gasteiger charge is 2.45. The summed E-state index contributed by atoms with van der Waals surface area (Å²) in [6, 6.07) is 14.3. The minimum absolute atomic E-state index is 0.0287. The Morgan fingerprint density at radius 2 is 1.97 bits per heavy atom. The summed E-state index contributed by atoms with van der Waals surface area (Å²) in [5.41, 5.74) is 1.82. The Balaban J connectivity index is 1.90. The fraction of sp³-hybridized carbons (Fsp3) is 0.130. The lowest BCUT2D eigenvalue weighted by Crippen LogP contribution is -2.31. The average molecular weight is 424 g/mol. The number of amides is 1. The number of hydrogen-bond donors (Lipinski definition) is 1. The van der Waals surface area contributed by atoms with Crippen LogP contribution in [0.5, 0.6) is 5.75 Å². The van der Waals surface area contributed by atoms with Crippen LogP contribution in [-0.4, -0.2) is 23.9 Å². The van der Waals surface area contributed by atoms with Gasteiger partial charge in [0.15, 0.2) is 11.5 Å². The zero-order chi connectivity index (χ0) is 21.4. The summed E-state index contributed by atoms with van der Waals surface area (Å²) in [5, 5.41) is 11.2. The maximum atomic E-state index is 13.2. The number of rotatable bonds is 5. The quantitative estimate of drug-likeness (QED) is 0.582. The standard InChI is InChI=1S/C23H18ClNO5/c1-13-8-9-15(12-17(13)24)25-20(14-5-3-6-16(11-14)29-2)19(22(27)23(25)28)21(26)18-7-4-10-30-18/h3-12,20,27H,1-2H3. The maximum Gasteiger partial charge on any atom is 0.294 e. The summed E-state index contributed by atoms with van der Waals surface area (Å²) in [7, 11) is 1.53. The molecule has 0 saturated carbocycles. The lowest BCUT2D eigenvalue weighted by Gasteiger charge is -2.27. The van der Waals surface area contributed by atoms with E-state index in [-0.39, 0.29) is 11.3 Å². The van der Waals surface area contributed by atoms with Crippen molar-refractivity contribution in [1.29, 1.82) is 0 Å². The molecule has 1 unspecified atom stereocenters. The highest BCUT2D eigenvalue weighted by Crippen LogP contribution is 2.43. The number of nitrogens with zero attached hydrogens (tertiary/aromatic N) is 1. The summed E-state index contributed by atoms with van der Waals surface area (Å²) >= 11 is 6.28. The van der Waals surface area contributed by atoms with Crippen LogP contribution >= 0.6 is 11.6 Å². The minimum Gasteiger partial charge on any atom is -0.503 e. The molecule has 30 heavy (non-hydrogen) atoms. The van der Waals surface area contributed by atoms with Crippen LogP contribution < -0.4 is 9.64 Å². The monoisotopic (exact) mass is 423 g/mol. The van der Waals surface area contributed by atoms with Gasteiger partial charge in [-0.25, -0.2) is 0 Å². The zero-order valence-corrected chi connectivity index (χ0v) is 17.0. The summed E-state index contributed by atoms with van der Waals surface area (Å²) in [4.78, 5) is 27.6. The number of furan rings is 1. The molecular formula is C23H18ClNO5. The van der Waals surface area contributed by atoms with E-state index in [2.05, 4.69) is 0 Å². The van der Waals surface area contributed by atoms with Gasteiger partial charge in [-0.05, 0) is 54.4 Å². The molecule has 6 nitrogen and oxygen atoms in total. The molecule has 1 aliphatic heterocycles. The van der Waals surface area contributed by atoms with E-state index >= 15 is 0 Å². The number of halogens is 1. The number of ether oxygens (including phenoxy) is 1. The van der Waals surface area contributed by atoms with Gasteiger partial charge in [0.1, 0.15) is 5.75 Å². The lowest BCUT2D eigenvalue weighted by atomic mass is 9.94. The van der Waals surface area contributed by atoms with Crippen LogP contribution in [0.15, 0.2) is 76.6 Å². The number of Topliss-reactive ketones (excluding diaryl/α,β-unsaturated/α-hetero) is 1. The summed E-state index contributed by atoms with van der Waals surface area (Å²) in [5.74, 6) is -1.31. The molecule has 0 bridgehead atoms. The molecule has 1 N–H and O–H groups in total. The van der Waals surface area contributed by atoms with E-state index in [1.54, 1.807) is 48.5 Å². The number of carbonyl (C=O) groups is 2. The van der Waals surface area contributed by atoms with Crippen LogP contribution in [0.2, 0.25) is 5.02 Å². The molecule has 2 aromatic carbocycles. The average Bonchev–Trinajstić information content (AvgIpc) is 3.37. The number of carbonyl (C=O) groups excluding carboxylic acids is 2. The van der Waals surface area contributed by atoms with Gasteiger partial charge in [0.2, 0.25) is 5.78 Å². The smallest absolute Gasteiger partial charge is 0.294 e. The molecule has 152 valence electrons. The number of methoxy groups -OCH3 is 1. The fourth-order valence-corrected chi connectivity index (χ4v) is 3.68. The van der Waals surface area contributed by atoms with Crippen molar-refractivity contribution in [1.82, 2.24) is 0 Å². The molecule has 0 spiro atoms. The van der Waals surface area contributed by atoms with Crippen LogP contribution in [0.4, 0.5) is 5.69 Å². The Morgan fingerprint density at radius 3 is 2.63 bits per heavy atom. The number of aliphatic hydroxyl groups excluding tert-OH is 1. The van der Waals surface area contributed by atoms with Crippen molar-refractivity contribution in [3.05, 3.63) is 94.1 Å². The minimum atomic E-state index is -0.885. The van der Waals surface area contributed by atoms with Crippen molar-refractivity contribution in [2.24, 2.45) is 0 Å². The van der Waals surface area contributed by atoms with Crippen molar-refractivity contribution in [3.63, 3.8) is 0 Å². The van der Waals surface area contributed by atoms with Crippen molar-refractivity contribution < 1.29 is 23.8 Å². The number of benzene rings is 2. The zero-order valence-electron chi connectivity index (χ0n) is 16.3. The van der Waals surface area contributed by atoms with Gasteiger partial charge < -0.3 is 14.3 Å². The van der Waals surface area contributed by atoms with E-state index in [4.69, 9.17) is 20.8 Å². The molecule has 0 radical (unpaired) electrons. The van der Waals surface area contributed by atoms with Crippen LogP contribution in [0.25, 0.3) is 0 Å². The van der Waals surface area contributed by atoms with Gasteiger partial charge >= 0.3 is 0 Å². The third-order valence-electron chi connectivity index (χ3n) is 5.04. The highest BCUT2D eigenvalue weighted by molar-refractivity contribution is 6.31. The predicted octanol–water partition coefficient (Wildman–Crippen LogP) is 5.03. The molecule has 7 heteroatoms. The second kappa shape index (κ2) is 7.72. The lowest BCUT2D eigenvalue weighted by molar-refractivity contribution is -0.117. The van der Waals surface area contributed by atoms with Gasteiger partial charge in [-0.15, -0.1) is 0 Å². The largest absolute Gasteiger partial charge is 0.503 e. The van der Waals surface area contributed by atoms with Gasteiger partial charge in [0.05, 0.1) is 25.0 Å². The number of ketones is 1. The Hall–Kier alpha value is -3.51. The molecule has 1 atom stereocenters. The van der Waals surface area contributed by atoms with E-state index in [0.717, 1.165) is 5.56 Å². The molecule has 4 rings (SSSR count). The Labute approximate surface area is 177 Å². The van der Waals surface area contributed by atoms with Crippen molar-refractivity contribution in [3.8, 4) is 5.75 Å². The summed E-state index contributed by atoms with van der Waals surface area (Å²) < 4.78 is 10.5. The molecule has 0 fully saturated rings. The molecule has 2 heterocycles. The van der Waals surface area contributed by atoms with Crippen LogP contribution in [0.3, 0.4) is 0 Å². The number of aliphatic hydroxyl groups is 1. The van der Waals surface area contributed by atoms with E-state index < -0.39 is 23.5 Å². The molecule has 1 aliphatic rings. The maximum absolute atomic E-state index is 13.2. The first-order valence-corrected chi connectivity index (χ1v) is 9.55. The topological polar surface area (TPSA) is 80.0 Å². The molecule has 1 aromatic heterocycles. The van der Waals surface area contributed by atoms with Crippen LogP contribution in [-0.2, 0) is 4.79 Å². The molecule has 0 aliphatic carbocycles. The second-order valence-electron chi connectivity index (χ2n) is 6.86. The number of aryl methyl sites for hydroxylation is 1. The molecule has 3 aromatic rings. The normalized spacial score (nSPS) is 16.3. The van der Waals surface area contributed by atoms with Crippen molar-refractivity contribution >= 4 is 29.0 Å². The van der Waals surface area contributed by atoms with E-state index in [1.807, 2.05) is 6.92 Å². The Morgan fingerprint density at radius 1 is 1.17 bits per heavy atom. The molecule has 1 amide bonds. The molecule has 0 saturated heterocycles. The van der Waals surface area contributed by atoms with E-state index in [0.29, 0.717) is 22.0 Å². The third-order valence-corrected chi connectivity index (χ3v) is 5.45. The summed E-state index contributed by atoms with van der Waals surface area (Å²) in [6.07, 6.45) is 1.36. The predicted molar refractivity (Wildman–Crippen MR) is 112 cm³/mol. The van der Waals surface area contributed by atoms with Gasteiger partial charge in [0, 0.05) is 10.7 Å². The fourth-order valence-electron chi connectivity index (χ4n) is 3.50. The SMILES string of the molecule is COc1cccc(C2C(C(=O)c3ccco3)=C(O)C(=O)N2c2ccc(C)c(Cl)c2)c1. The van der Waals surface area contributed by atoms with Gasteiger partial charge in [-0.3, -0.25) is 14.5 Å². The highest BCUT2D eigenvalue weighted by atomic mass is 35.5. The van der Waals surface area contributed by atoms with Gasteiger partial charge in [-0.1, -0.05) is 29.8 Å². The first kappa shape index (κ1) is 19.8. The Kier molecular flexibility index (Phi) is 5.10. The molecular weight excluding hydrogens is 406 g/mol. The first-order valence-electron chi connectivity index (χ1n) is 9.17. The number of hydrogen-bond acceptors (Lipinski definition) is 5. The first-order chi connectivity index (χ1) is 14.4. The van der Waals surface area contributed by atoms with E-state index in [1.165, 1.54) is 24.3 Å². The summed E-state index contributed by atoms with van der Waals surface area (Å²) in [6.45, 7) is 1.85. The van der Waals surface area contributed by atoms with Crippen molar-refractivity contribution in [2.45, 2.75) is 13.0 Å². The van der Waals surface area contributed by atoms with Gasteiger partial charge in [0.25, 0.3) is 5.91 Å². The van der Waals surface area contributed by atoms with Crippen molar-refractivity contribution in [2.75, 3.05) is 12.0 Å². The van der Waals surface area contributed by atoms with Crippen LogP contribution in [0, 0.1) is 6.92 Å². The van der Waals surface area contributed by atoms with Crippen LogP contribution in [0.1, 0.15) is 27.7 Å². The van der Waals surface area contributed by atoms with E-state index in [9.17, 15) is 14.7 Å². The van der Waals surface area contributed by atoms with Gasteiger partial charge in [-0.2, -0.15) is 0 Å². The number of anilines is 1. The second-order valence-corrected chi connectivity index (χ2v) is 7.26. The third kappa shape index (κ3) is 3.25.